The molecule has 0 aliphatic heterocycles. The Morgan fingerprint density at radius 1 is 0.818 bits per heavy atom. The molecule has 0 aromatic heterocycles. The van der Waals surface area contributed by atoms with Crippen molar-refractivity contribution in [2.75, 3.05) is 5.32 Å². The van der Waals surface area contributed by atoms with Crippen LogP contribution in [0.5, 0.6) is 5.75 Å². The molecule has 0 heterocycles. The van der Waals surface area contributed by atoms with E-state index in [0.717, 1.165) is 18.4 Å². The van der Waals surface area contributed by atoms with Gasteiger partial charge in [-0.2, -0.15) is 5.10 Å². The fraction of sp³-hybridized carbons (Fsp3) is 0. The third-order valence-electron chi connectivity index (χ3n) is 5.80. The van der Waals surface area contributed by atoms with Crippen molar-refractivity contribution in [2.45, 2.75) is 0 Å². The first kappa shape index (κ1) is 30.7. The summed E-state index contributed by atoms with van der Waals surface area (Å²) in [5.41, 5.74) is 2.94. The molecule has 4 aromatic carbocycles. The molecule has 4 rings (SSSR count). The minimum Gasteiger partial charge on any atom is -0.415 e. The molecule has 0 spiro atoms. The van der Waals surface area contributed by atoms with Crippen LogP contribution in [-0.2, 0) is 4.79 Å². The van der Waals surface area contributed by atoms with Crippen LogP contribution in [0.25, 0.3) is 6.08 Å². The second kappa shape index (κ2) is 14.1. The van der Waals surface area contributed by atoms with Gasteiger partial charge in [0.2, 0.25) is 5.75 Å². The van der Waals surface area contributed by atoms with E-state index >= 15 is 0 Å². The third kappa shape index (κ3) is 8.18. The van der Waals surface area contributed by atoms with Crippen LogP contribution >= 0.6 is 11.6 Å². The maximum atomic E-state index is 12.6. The summed E-state index contributed by atoms with van der Waals surface area (Å²) >= 11 is 5.84. The van der Waals surface area contributed by atoms with Crippen LogP contribution in [0.4, 0.5) is 17.1 Å². The van der Waals surface area contributed by atoms with E-state index in [2.05, 4.69) is 15.8 Å². The Balaban J connectivity index is 1.42. The van der Waals surface area contributed by atoms with Crippen LogP contribution in [-0.4, -0.2) is 33.8 Å². The summed E-state index contributed by atoms with van der Waals surface area (Å²) < 4.78 is 5.22. The molecule has 13 nitrogen and oxygen atoms in total. The number of nitro benzene ring substituents is 2. The number of amides is 2. The van der Waals surface area contributed by atoms with Gasteiger partial charge in [-0.3, -0.25) is 29.8 Å². The number of benzene rings is 4. The maximum absolute atomic E-state index is 12.6. The zero-order valence-electron chi connectivity index (χ0n) is 22.4. The smallest absolute Gasteiger partial charge is 0.336 e. The highest BCUT2D eigenvalue weighted by atomic mass is 35.5. The summed E-state index contributed by atoms with van der Waals surface area (Å²) in [7, 11) is 0. The molecule has 0 bridgehead atoms. The largest absolute Gasteiger partial charge is 0.415 e. The number of esters is 1. The summed E-state index contributed by atoms with van der Waals surface area (Å²) in [6, 6.07) is 21.6. The first-order valence-electron chi connectivity index (χ1n) is 12.5. The standard InChI is InChI=1S/C30H20ClN5O8/c31-23-12-8-20(9-13-23)29(38)33-24-14-10-21(11-15-24)30(39)34-32-18-22-4-2-6-26(36(42)43)28(22)44-27(37)16-7-19-3-1-5-25(17-19)35(40)41/h1-18H,(H,33,38)(H,34,39)/b16-7+,32-18+. The Morgan fingerprint density at radius 3 is 2.16 bits per heavy atom. The molecule has 44 heavy (non-hydrogen) atoms. The lowest BCUT2D eigenvalue weighted by Crippen LogP contribution is -2.18. The van der Waals surface area contributed by atoms with Crippen LogP contribution in [0.15, 0.2) is 102 Å². The molecule has 0 fully saturated rings. The SMILES string of the molecule is O=C(/C=C/c1cccc([N+](=O)[O-])c1)Oc1c(/C=N/NC(=O)c2ccc(NC(=O)c3ccc(Cl)cc3)cc2)cccc1[N+](=O)[O-]. The topological polar surface area (TPSA) is 183 Å². The minimum absolute atomic E-state index is 0.0110. The van der Waals surface area contributed by atoms with E-state index < -0.39 is 33.2 Å². The Hall–Kier alpha value is -6.21. The average Bonchev–Trinajstić information content (AvgIpc) is 3.01. The van der Waals surface area contributed by atoms with Gasteiger partial charge < -0.3 is 10.1 Å². The number of carbonyl (C=O) groups is 3. The van der Waals surface area contributed by atoms with Crippen molar-refractivity contribution >= 4 is 58.7 Å². The quantitative estimate of drug-likeness (QED) is 0.0562. The highest BCUT2D eigenvalue weighted by Gasteiger charge is 2.21. The number of rotatable bonds is 10. The van der Waals surface area contributed by atoms with E-state index in [1.807, 2.05) is 0 Å². The molecule has 2 amide bonds. The van der Waals surface area contributed by atoms with Crippen molar-refractivity contribution in [3.05, 3.63) is 145 Å². The predicted molar refractivity (Wildman–Crippen MR) is 162 cm³/mol. The van der Waals surface area contributed by atoms with Gasteiger partial charge in [0.15, 0.2) is 0 Å². The summed E-state index contributed by atoms with van der Waals surface area (Å²) in [5.74, 6) is -2.41. The zero-order chi connectivity index (χ0) is 31.6. The lowest BCUT2D eigenvalue weighted by Gasteiger charge is -2.07. The van der Waals surface area contributed by atoms with Crippen LogP contribution in [0.3, 0.4) is 0 Å². The first-order chi connectivity index (χ1) is 21.1. The van der Waals surface area contributed by atoms with Gasteiger partial charge in [-0.1, -0.05) is 29.8 Å². The molecule has 0 unspecified atom stereocenters. The van der Waals surface area contributed by atoms with Gasteiger partial charge in [0.25, 0.3) is 17.5 Å². The summed E-state index contributed by atoms with van der Waals surface area (Å²) in [6.45, 7) is 0. The summed E-state index contributed by atoms with van der Waals surface area (Å²) in [6.07, 6.45) is 3.28. The van der Waals surface area contributed by atoms with Crippen molar-refractivity contribution in [1.29, 1.82) is 0 Å². The molecule has 220 valence electrons. The van der Waals surface area contributed by atoms with Crippen molar-refractivity contribution in [1.82, 2.24) is 5.43 Å². The second-order valence-electron chi connectivity index (χ2n) is 8.80. The van der Waals surface area contributed by atoms with Gasteiger partial charge in [-0.05, 0) is 66.2 Å². The number of ether oxygens (including phenoxy) is 1. The monoisotopic (exact) mass is 613 g/mol. The van der Waals surface area contributed by atoms with Crippen molar-refractivity contribution < 1.29 is 29.0 Å². The van der Waals surface area contributed by atoms with Crippen molar-refractivity contribution in [3.8, 4) is 5.75 Å². The molecule has 0 saturated heterocycles. The number of halogens is 1. The van der Waals surface area contributed by atoms with Crippen LogP contribution in [0.2, 0.25) is 5.02 Å². The Bertz CT molecular complexity index is 1810. The normalized spacial score (nSPS) is 10.8. The molecule has 0 saturated carbocycles. The molecule has 0 aliphatic carbocycles. The molecular weight excluding hydrogens is 594 g/mol. The van der Waals surface area contributed by atoms with Crippen molar-refractivity contribution in [2.24, 2.45) is 5.10 Å². The van der Waals surface area contributed by atoms with Gasteiger partial charge in [-0.25, -0.2) is 10.2 Å². The highest BCUT2D eigenvalue weighted by Crippen LogP contribution is 2.30. The number of nitrogens with one attached hydrogen (secondary N) is 2. The number of anilines is 1. The molecule has 0 radical (unpaired) electrons. The van der Waals surface area contributed by atoms with Gasteiger partial charge in [-0.15, -0.1) is 0 Å². The second-order valence-corrected chi connectivity index (χ2v) is 9.23. The van der Waals surface area contributed by atoms with E-state index in [4.69, 9.17) is 16.3 Å². The molecule has 14 heteroatoms. The van der Waals surface area contributed by atoms with Crippen LogP contribution in [0, 0.1) is 20.2 Å². The third-order valence-corrected chi connectivity index (χ3v) is 6.05. The number of hydrogen-bond acceptors (Lipinski definition) is 9. The van der Waals surface area contributed by atoms with Gasteiger partial charge >= 0.3 is 11.7 Å². The van der Waals surface area contributed by atoms with Gasteiger partial charge in [0.05, 0.1) is 16.1 Å². The summed E-state index contributed by atoms with van der Waals surface area (Å²) in [4.78, 5) is 58.6. The number of nitrogens with zero attached hydrogens (tertiary/aromatic N) is 3. The lowest BCUT2D eigenvalue weighted by atomic mass is 10.1. The minimum atomic E-state index is -0.993. The average molecular weight is 614 g/mol. The van der Waals surface area contributed by atoms with Crippen molar-refractivity contribution in [3.63, 3.8) is 0 Å². The van der Waals surface area contributed by atoms with Crippen LogP contribution in [0.1, 0.15) is 31.8 Å². The fourth-order valence-corrected chi connectivity index (χ4v) is 3.80. The van der Waals surface area contributed by atoms with Gasteiger partial charge in [0, 0.05) is 51.7 Å². The Kier molecular flexibility index (Phi) is 9.86. The maximum Gasteiger partial charge on any atom is 0.336 e. The van der Waals surface area contributed by atoms with E-state index in [-0.39, 0.29) is 22.7 Å². The molecule has 0 atom stereocenters. The number of nitro groups is 2. The van der Waals surface area contributed by atoms with E-state index in [1.54, 1.807) is 24.3 Å². The number of non-ortho nitro benzene ring substituents is 1. The molecular formula is C30H20ClN5O8. The predicted octanol–water partition coefficient (Wildman–Crippen LogP) is 5.79. The van der Waals surface area contributed by atoms with Crippen LogP contribution < -0.4 is 15.5 Å². The zero-order valence-corrected chi connectivity index (χ0v) is 23.1. The van der Waals surface area contributed by atoms with E-state index in [0.29, 0.717) is 21.8 Å². The van der Waals surface area contributed by atoms with E-state index in [9.17, 15) is 34.6 Å². The summed E-state index contributed by atoms with van der Waals surface area (Å²) in [5, 5.41) is 29.5. The fourth-order valence-electron chi connectivity index (χ4n) is 3.67. The Labute approximate surface area is 253 Å². The first-order valence-corrected chi connectivity index (χ1v) is 12.9. The number of para-hydroxylation sites is 1. The number of carbonyl (C=O) groups excluding carboxylic acids is 3. The van der Waals surface area contributed by atoms with Gasteiger partial charge in [0.1, 0.15) is 0 Å². The molecule has 2 N–H and O–H groups in total. The Morgan fingerprint density at radius 2 is 1.48 bits per heavy atom. The molecule has 4 aromatic rings. The number of hydrazone groups is 1. The number of hydrogen-bond donors (Lipinski definition) is 2. The highest BCUT2D eigenvalue weighted by molar-refractivity contribution is 6.30. The van der Waals surface area contributed by atoms with E-state index in [1.165, 1.54) is 66.7 Å². The lowest BCUT2D eigenvalue weighted by molar-refractivity contribution is -0.385. The molecule has 0 aliphatic rings.